The van der Waals surface area contributed by atoms with E-state index >= 15 is 0 Å². The highest BCUT2D eigenvalue weighted by Crippen LogP contribution is 2.41. The van der Waals surface area contributed by atoms with Crippen LogP contribution in [0.3, 0.4) is 0 Å². The lowest BCUT2D eigenvalue weighted by molar-refractivity contribution is -0.0495. The van der Waals surface area contributed by atoms with Gasteiger partial charge in [-0.25, -0.2) is 23.3 Å². The lowest BCUT2D eigenvalue weighted by atomic mass is 9.81. The molecule has 1 fully saturated rings. The lowest BCUT2D eigenvalue weighted by Crippen LogP contribution is -2.38. The normalized spacial score (nSPS) is 18.1. The van der Waals surface area contributed by atoms with Gasteiger partial charge in [0.05, 0.1) is 29.8 Å². The Labute approximate surface area is 172 Å². The van der Waals surface area contributed by atoms with E-state index in [9.17, 15) is 13.6 Å². The Morgan fingerprint density at radius 1 is 1.30 bits per heavy atom. The Kier molecular flexibility index (Phi) is 5.25. The molecule has 1 saturated carbocycles. The molecule has 1 atom stereocenters. The van der Waals surface area contributed by atoms with Gasteiger partial charge in [0.25, 0.3) is 11.7 Å². The van der Waals surface area contributed by atoms with Crippen LogP contribution in [0.15, 0.2) is 24.7 Å². The SMILES string of the molecule is Cc1cnc2nc(C(NC(=O)c3ccnn3C(C)C)C3CCC(F)(F)CC3)cn2n1. The number of hydrogen-bond acceptors (Lipinski definition) is 5. The molecule has 0 bridgehead atoms. The van der Waals surface area contributed by atoms with Crippen molar-refractivity contribution in [2.75, 3.05) is 0 Å². The molecule has 3 aromatic rings. The first-order chi connectivity index (χ1) is 14.2. The first-order valence-electron chi connectivity index (χ1n) is 10.1. The van der Waals surface area contributed by atoms with E-state index in [0.29, 0.717) is 30.0 Å². The zero-order valence-electron chi connectivity index (χ0n) is 17.2. The maximum atomic E-state index is 13.7. The summed E-state index contributed by atoms with van der Waals surface area (Å²) in [6, 6.07) is 1.14. The molecule has 1 aliphatic carbocycles. The van der Waals surface area contributed by atoms with E-state index < -0.39 is 12.0 Å². The summed E-state index contributed by atoms with van der Waals surface area (Å²) >= 11 is 0. The second kappa shape index (κ2) is 7.73. The second-order valence-electron chi connectivity index (χ2n) is 8.21. The first kappa shape index (κ1) is 20.4. The number of amides is 1. The third kappa shape index (κ3) is 4.03. The van der Waals surface area contributed by atoms with Crippen molar-refractivity contribution in [3.05, 3.63) is 41.7 Å². The topological polar surface area (TPSA) is 90.0 Å². The molecule has 0 saturated heterocycles. The highest BCUT2D eigenvalue weighted by molar-refractivity contribution is 5.92. The maximum Gasteiger partial charge on any atom is 0.270 e. The molecular weight excluding hydrogens is 392 g/mol. The van der Waals surface area contributed by atoms with Gasteiger partial charge in [0, 0.05) is 25.1 Å². The third-order valence-electron chi connectivity index (χ3n) is 5.55. The minimum Gasteiger partial charge on any atom is -0.342 e. The summed E-state index contributed by atoms with van der Waals surface area (Å²) in [6.07, 6.45) is 5.11. The van der Waals surface area contributed by atoms with Crippen LogP contribution < -0.4 is 5.32 Å². The highest BCUT2D eigenvalue weighted by Gasteiger charge is 2.39. The largest absolute Gasteiger partial charge is 0.342 e. The van der Waals surface area contributed by atoms with E-state index in [2.05, 4.69) is 25.5 Å². The van der Waals surface area contributed by atoms with Crippen molar-refractivity contribution in [3.63, 3.8) is 0 Å². The predicted octanol–water partition coefficient (Wildman–Crippen LogP) is 3.51. The van der Waals surface area contributed by atoms with Crippen LogP contribution in [-0.2, 0) is 0 Å². The molecule has 0 aliphatic heterocycles. The molecule has 1 amide bonds. The van der Waals surface area contributed by atoms with Gasteiger partial charge in [0.2, 0.25) is 5.92 Å². The van der Waals surface area contributed by atoms with E-state index in [4.69, 9.17) is 0 Å². The molecule has 160 valence electrons. The van der Waals surface area contributed by atoms with Gasteiger partial charge in [-0.15, -0.1) is 0 Å². The van der Waals surface area contributed by atoms with E-state index in [1.54, 1.807) is 33.9 Å². The fourth-order valence-electron chi connectivity index (χ4n) is 3.99. The van der Waals surface area contributed by atoms with Crippen molar-refractivity contribution < 1.29 is 13.6 Å². The number of nitrogens with zero attached hydrogens (tertiary/aromatic N) is 6. The number of aryl methyl sites for hydroxylation is 1. The van der Waals surface area contributed by atoms with Gasteiger partial charge in [0.1, 0.15) is 5.69 Å². The average molecular weight is 417 g/mol. The molecule has 1 unspecified atom stereocenters. The molecule has 8 nitrogen and oxygen atoms in total. The van der Waals surface area contributed by atoms with Crippen LogP contribution in [0.2, 0.25) is 0 Å². The first-order valence-corrected chi connectivity index (χ1v) is 10.1. The molecule has 0 radical (unpaired) electrons. The number of carbonyl (C=O) groups excluding carboxylic acids is 1. The Hall–Kier alpha value is -2.91. The molecule has 10 heteroatoms. The number of carbonyl (C=O) groups is 1. The molecule has 4 rings (SSSR count). The fourth-order valence-corrected chi connectivity index (χ4v) is 3.99. The smallest absolute Gasteiger partial charge is 0.270 e. The second-order valence-corrected chi connectivity index (χ2v) is 8.21. The van der Waals surface area contributed by atoms with Crippen LogP contribution in [0.1, 0.15) is 73.5 Å². The zero-order valence-corrected chi connectivity index (χ0v) is 17.2. The van der Waals surface area contributed by atoms with Crippen LogP contribution in [0.4, 0.5) is 8.78 Å². The number of halogens is 2. The molecule has 1 N–H and O–H groups in total. The Morgan fingerprint density at radius 2 is 2.03 bits per heavy atom. The minimum absolute atomic E-state index is 0.0131. The van der Waals surface area contributed by atoms with Crippen molar-refractivity contribution in [2.45, 2.75) is 64.5 Å². The van der Waals surface area contributed by atoms with Gasteiger partial charge >= 0.3 is 0 Å². The summed E-state index contributed by atoms with van der Waals surface area (Å²) in [5.74, 6) is -2.71. The van der Waals surface area contributed by atoms with Crippen molar-refractivity contribution >= 4 is 11.7 Å². The standard InChI is InChI=1S/C20H25F2N7O/c1-12(2)29-16(6-9-24-29)18(30)26-17(14-4-7-20(21,22)8-5-14)15-11-28-19(25-15)23-10-13(3)27-28/h6,9-12,14,17H,4-5,7-8H2,1-3H3,(H,26,30). The summed E-state index contributed by atoms with van der Waals surface area (Å²) in [5, 5.41) is 11.6. The number of alkyl halides is 2. The van der Waals surface area contributed by atoms with Gasteiger partial charge in [-0.3, -0.25) is 9.48 Å². The maximum absolute atomic E-state index is 13.7. The Balaban J connectivity index is 1.66. The van der Waals surface area contributed by atoms with E-state index in [1.165, 1.54) is 0 Å². The molecule has 1 aliphatic rings. The van der Waals surface area contributed by atoms with Crippen LogP contribution in [-0.4, -0.2) is 41.2 Å². The minimum atomic E-state index is -2.65. The predicted molar refractivity (Wildman–Crippen MR) is 105 cm³/mol. The quantitative estimate of drug-likeness (QED) is 0.686. The van der Waals surface area contributed by atoms with Crippen molar-refractivity contribution in [3.8, 4) is 0 Å². The summed E-state index contributed by atoms with van der Waals surface area (Å²) in [4.78, 5) is 21.9. The van der Waals surface area contributed by atoms with Crippen LogP contribution in [0, 0.1) is 12.8 Å². The van der Waals surface area contributed by atoms with Crippen LogP contribution in [0.25, 0.3) is 5.78 Å². The number of fused-ring (bicyclic) bond motifs is 1. The molecule has 30 heavy (non-hydrogen) atoms. The van der Waals surface area contributed by atoms with Gasteiger partial charge in [-0.1, -0.05) is 0 Å². The molecular formula is C20H25F2N7O. The van der Waals surface area contributed by atoms with Crippen LogP contribution in [0.5, 0.6) is 0 Å². The zero-order chi connectivity index (χ0) is 21.5. The molecule has 3 heterocycles. The molecule has 3 aromatic heterocycles. The van der Waals surface area contributed by atoms with Gasteiger partial charge in [-0.05, 0) is 45.6 Å². The average Bonchev–Trinajstić information content (AvgIpc) is 3.33. The van der Waals surface area contributed by atoms with E-state index in [1.807, 2.05) is 20.8 Å². The lowest BCUT2D eigenvalue weighted by Gasteiger charge is -2.33. The summed E-state index contributed by atoms with van der Waals surface area (Å²) < 4.78 is 30.7. The van der Waals surface area contributed by atoms with Gasteiger partial charge in [-0.2, -0.15) is 10.2 Å². The highest BCUT2D eigenvalue weighted by atomic mass is 19.3. The number of imidazole rings is 1. The van der Waals surface area contributed by atoms with Crippen molar-refractivity contribution in [1.29, 1.82) is 0 Å². The number of nitrogens with one attached hydrogen (secondary N) is 1. The summed E-state index contributed by atoms with van der Waals surface area (Å²) in [7, 11) is 0. The van der Waals surface area contributed by atoms with Crippen LogP contribution >= 0.6 is 0 Å². The monoisotopic (exact) mass is 417 g/mol. The summed E-state index contributed by atoms with van der Waals surface area (Å²) in [5.41, 5.74) is 1.72. The van der Waals surface area contributed by atoms with Crippen molar-refractivity contribution in [2.24, 2.45) is 5.92 Å². The van der Waals surface area contributed by atoms with Gasteiger partial charge in [0.15, 0.2) is 0 Å². The third-order valence-corrected chi connectivity index (χ3v) is 5.55. The number of aromatic nitrogens is 6. The van der Waals surface area contributed by atoms with Crippen molar-refractivity contribution in [1.82, 2.24) is 34.7 Å². The molecule has 0 spiro atoms. The van der Waals surface area contributed by atoms with Gasteiger partial charge < -0.3 is 5.32 Å². The van der Waals surface area contributed by atoms with E-state index in [0.717, 1.165) is 5.69 Å². The summed E-state index contributed by atoms with van der Waals surface area (Å²) in [6.45, 7) is 5.69. The molecule has 0 aromatic carbocycles. The Morgan fingerprint density at radius 3 is 2.73 bits per heavy atom. The fraction of sp³-hybridized carbons (Fsp3) is 0.550. The number of hydrogen-bond donors (Lipinski definition) is 1. The number of rotatable bonds is 5. The Bertz CT molecular complexity index is 1050. The van der Waals surface area contributed by atoms with E-state index in [-0.39, 0.29) is 30.7 Å².